The van der Waals surface area contributed by atoms with Crippen LogP contribution in [0.1, 0.15) is 15.9 Å². The molecule has 1 amide bonds. The number of thiophene rings is 1. The maximum absolute atomic E-state index is 12.0. The number of benzene rings is 1. The lowest BCUT2D eigenvalue weighted by Crippen LogP contribution is -2.12. The summed E-state index contributed by atoms with van der Waals surface area (Å²) in [5.74, 6) is -0.422. The van der Waals surface area contributed by atoms with Gasteiger partial charge in [-0.2, -0.15) is 5.26 Å². The van der Waals surface area contributed by atoms with Gasteiger partial charge in [0.2, 0.25) is 0 Å². The Hall–Kier alpha value is -1.74. The molecule has 1 aromatic carbocycles. The molecule has 0 radical (unpaired) electrons. The number of hydrogen-bond donors (Lipinski definition) is 2. The maximum atomic E-state index is 12.0. The second kappa shape index (κ2) is 5.49. The van der Waals surface area contributed by atoms with Crippen LogP contribution in [0.4, 0.5) is 11.4 Å². The molecule has 2 rings (SSSR count). The second-order valence-corrected chi connectivity index (χ2v) is 5.89. The third-order valence-electron chi connectivity index (χ3n) is 2.31. The number of carbonyl (C=O) groups is 1. The van der Waals surface area contributed by atoms with Crippen molar-refractivity contribution < 1.29 is 4.79 Å². The molecule has 1 heterocycles. The quantitative estimate of drug-likeness (QED) is 0.829. The zero-order valence-electron chi connectivity index (χ0n) is 9.41. The van der Waals surface area contributed by atoms with Gasteiger partial charge >= 0.3 is 0 Å². The van der Waals surface area contributed by atoms with Crippen LogP contribution in [0.5, 0.6) is 0 Å². The van der Waals surface area contributed by atoms with Crippen LogP contribution in [-0.2, 0) is 0 Å². The Morgan fingerprint density at radius 1 is 1.37 bits per heavy atom. The minimum atomic E-state index is -0.422. The summed E-state index contributed by atoms with van der Waals surface area (Å²) in [6.45, 7) is 0. The highest BCUT2D eigenvalue weighted by atomic mass is 35.5. The predicted molar refractivity (Wildman–Crippen MR) is 77.9 cm³/mol. The van der Waals surface area contributed by atoms with Crippen molar-refractivity contribution in [3.8, 4) is 6.07 Å². The van der Waals surface area contributed by atoms with Crippen LogP contribution in [0, 0.1) is 11.3 Å². The van der Waals surface area contributed by atoms with Crippen LogP contribution in [0.3, 0.4) is 0 Å². The monoisotopic (exact) mass is 311 g/mol. The van der Waals surface area contributed by atoms with Crippen molar-refractivity contribution in [1.82, 2.24) is 0 Å². The molecule has 0 atom stereocenters. The Morgan fingerprint density at radius 3 is 2.68 bits per heavy atom. The fourth-order valence-corrected chi connectivity index (χ4v) is 2.91. The van der Waals surface area contributed by atoms with Gasteiger partial charge < -0.3 is 11.1 Å². The van der Waals surface area contributed by atoms with Gasteiger partial charge in [0.05, 0.1) is 21.2 Å². The smallest absolute Gasteiger partial charge is 0.258 e. The van der Waals surface area contributed by atoms with Crippen molar-refractivity contribution >= 4 is 51.8 Å². The number of carbonyl (C=O) groups excluding carboxylic acids is 1. The molecule has 3 N–H and O–H groups in total. The molecule has 0 saturated heterocycles. The van der Waals surface area contributed by atoms with E-state index in [4.69, 9.17) is 34.2 Å². The minimum Gasteiger partial charge on any atom is -0.399 e. The zero-order chi connectivity index (χ0) is 14.0. The number of halogens is 2. The summed E-state index contributed by atoms with van der Waals surface area (Å²) in [5.41, 5.74) is 6.96. The van der Waals surface area contributed by atoms with Crippen LogP contribution < -0.4 is 11.1 Å². The van der Waals surface area contributed by atoms with E-state index in [2.05, 4.69) is 5.32 Å². The molecule has 19 heavy (non-hydrogen) atoms. The standard InChI is InChI=1S/C12H7Cl2N3OS/c13-10-4-8(11(14)19-10)12(18)17-9-2-1-7(16)3-6(9)5-15/h1-4H,16H2,(H,17,18). The highest BCUT2D eigenvalue weighted by Crippen LogP contribution is 2.31. The molecule has 2 aromatic rings. The average Bonchev–Trinajstić information content (AvgIpc) is 2.70. The van der Waals surface area contributed by atoms with Crippen molar-refractivity contribution in [3.05, 3.63) is 44.1 Å². The van der Waals surface area contributed by atoms with Gasteiger partial charge in [-0.1, -0.05) is 23.2 Å². The topological polar surface area (TPSA) is 78.9 Å². The third-order valence-corrected chi connectivity index (χ3v) is 3.80. The lowest BCUT2D eigenvalue weighted by Gasteiger charge is -2.06. The van der Waals surface area contributed by atoms with Crippen LogP contribution in [0.2, 0.25) is 8.67 Å². The predicted octanol–water partition coefficient (Wildman–Crippen LogP) is 3.76. The molecular weight excluding hydrogens is 305 g/mol. The van der Waals surface area contributed by atoms with Crippen molar-refractivity contribution in [2.45, 2.75) is 0 Å². The molecule has 0 unspecified atom stereocenters. The van der Waals surface area contributed by atoms with Gasteiger partial charge in [0.25, 0.3) is 5.91 Å². The first kappa shape index (κ1) is 13.7. The molecule has 0 aliphatic rings. The van der Waals surface area contributed by atoms with E-state index in [0.29, 0.717) is 20.0 Å². The molecule has 0 fully saturated rings. The number of anilines is 2. The number of hydrogen-bond acceptors (Lipinski definition) is 4. The van der Waals surface area contributed by atoms with Gasteiger partial charge in [-0.3, -0.25) is 4.79 Å². The number of rotatable bonds is 2. The molecule has 96 valence electrons. The number of nitrogen functional groups attached to an aromatic ring is 1. The maximum Gasteiger partial charge on any atom is 0.258 e. The van der Waals surface area contributed by atoms with Gasteiger partial charge in [-0.15, -0.1) is 11.3 Å². The van der Waals surface area contributed by atoms with Crippen molar-refractivity contribution in [1.29, 1.82) is 5.26 Å². The summed E-state index contributed by atoms with van der Waals surface area (Å²) in [6.07, 6.45) is 0. The van der Waals surface area contributed by atoms with E-state index in [1.807, 2.05) is 6.07 Å². The first-order valence-corrected chi connectivity index (χ1v) is 6.64. The largest absolute Gasteiger partial charge is 0.399 e. The van der Waals surface area contributed by atoms with Crippen molar-refractivity contribution in [2.24, 2.45) is 0 Å². The molecule has 0 spiro atoms. The Labute approximate surface area is 123 Å². The summed E-state index contributed by atoms with van der Waals surface area (Å²) in [7, 11) is 0. The third kappa shape index (κ3) is 2.99. The molecule has 0 aliphatic carbocycles. The van der Waals surface area contributed by atoms with Gasteiger partial charge in [0, 0.05) is 5.69 Å². The first-order valence-electron chi connectivity index (χ1n) is 5.07. The summed E-state index contributed by atoms with van der Waals surface area (Å²) < 4.78 is 0.726. The lowest BCUT2D eigenvalue weighted by atomic mass is 10.1. The number of nitrogens with zero attached hydrogens (tertiary/aromatic N) is 1. The van der Waals surface area contributed by atoms with E-state index in [-0.39, 0.29) is 11.1 Å². The Morgan fingerprint density at radius 2 is 2.11 bits per heavy atom. The fraction of sp³-hybridized carbons (Fsp3) is 0. The molecule has 0 saturated carbocycles. The van der Waals surface area contributed by atoms with Crippen LogP contribution >= 0.6 is 34.5 Å². The minimum absolute atomic E-state index is 0.275. The van der Waals surface area contributed by atoms with E-state index in [0.717, 1.165) is 11.3 Å². The molecule has 7 heteroatoms. The summed E-state index contributed by atoms with van der Waals surface area (Å²) in [5, 5.41) is 11.6. The highest BCUT2D eigenvalue weighted by Gasteiger charge is 2.15. The van der Waals surface area contributed by atoms with Gasteiger partial charge in [0.1, 0.15) is 10.4 Å². The van der Waals surface area contributed by atoms with E-state index >= 15 is 0 Å². The molecule has 0 aliphatic heterocycles. The van der Waals surface area contributed by atoms with Crippen LogP contribution in [0.15, 0.2) is 24.3 Å². The van der Waals surface area contributed by atoms with Gasteiger partial charge in [-0.25, -0.2) is 0 Å². The number of nitrogens with two attached hydrogens (primary N) is 1. The van der Waals surface area contributed by atoms with Gasteiger partial charge in [-0.05, 0) is 24.3 Å². The Balaban J connectivity index is 2.29. The normalized spacial score (nSPS) is 9.95. The lowest BCUT2D eigenvalue weighted by molar-refractivity contribution is 0.102. The highest BCUT2D eigenvalue weighted by molar-refractivity contribution is 7.20. The van der Waals surface area contributed by atoms with Crippen molar-refractivity contribution in [2.75, 3.05) is 11.1 Å². The number of nitriles is 1. The molecule has 1 aromatic heterocycles. The van der Waals surface area contributed by atoms with E-state index in [1.54, 1.807) is 12.1 Å². The fourth-order valence-electron chi connectivity index (χ4n) is 1.45. The first-order chi connectivity index (χ1) is 9.01. The van der Waals surface area contributed by atoms with E-state index in [9.17, 15) is 4.79 Å². The number of amides is 1. The summed E-state index contributed by atoms with van der Waals surface area (Å²) in [6, 6.07) is 8.08. The van der Waals surface area contributed by atoms with Crippen LogP contribution in [0.25, 0.3) is 0 Å². The van der Waals surface area contributed by atoms with Crippen LogP contribution in [-0.4, -0.2) is 5.91 Å². The average molecular weight is 312 g/mol. The second-order valence-electron chi connectivity index (χ2n) is 3.61. The Bertz CT molecular complexity index is 691. The van der Waals surface area contributed by atoms with Gasteiger partial charge in [0.15, 0.2) is 0 Å². The van der Waals surface area contributed by atoms with E-state index < -0.39 is 5.91 Å². The molecule has 0 bridgehead atoms. The SMILES string of the molecule is N#Cc1cc(N)ccc1NC(=O)c1cc(Cl)sc1Cl. The molecular formula is C12H7Cl2N3OS. The molecule has 4 nitrogen and oxygen atoms in total. The zero-order valence-corrected chi connectivity index (χ0v) is 11.7. The van der Waals surface area contributed by atoms with E-state index in [1.165, 1.54) is 12.1 Å². The number of nitrogens with one attached hydrogen (secondary N) is 1. The summed E-state index contributed by atoms with van der Waals surface area (Å²) in [4.78, 5) is 12.0. The Kier molecular flexibility index (Phi) is 3.96. The summed E-state index contributed by atoms with van der Waals surface area (Å²) >= 11 is 12.8. The van der Waals surface area contributed by atoms with Crippen molar-refractivity contribution in [3.63, 3.8) is 0 Å².